The van der Waals surface area contributed by atoms with Crippen molar-refractivity contribution >= 4 is 23.4 Å². The highest BCUT2D eigenvalue weighted by molar-refractivity contribution is 7.99. The molecule has 0 aliphatic heterocycles. The monoisotopic (exact) mass is 239 g/mol. The molecule has 0 saturated heterocycles. The van der Waals surface area contributed by atoms with Crippen molar-refractivity contribution in [1.82, 2.24) is 9.97 Å². The molecule has 5 heteroatoms. The number of hydrogen-bond acceptors (Lipinski definition) is 5. The summed E-state index contributed by atoms with van der Waals surface area (Å²) >= 11 is 1.59. The Kier molecular flexibility index (Phi) is 4.73. The van der Waals surface area contributed by atoms with Gasteiger partial charge in [-0.1, -0.05) is 6.92 Å². The van der Waals surface area contributed by atoms with Crippen molar-refractivity contribution in [2.75, 3.05) is 5.73 Å². The quantitative estimate of drug-likeness (QED) is 0.850. The number of aromatic nitrogens is 2. The Bertz CT molecular complexity index is 381. The molecule has 0 aliphatic rings. The van der Waals surface area contributed by atoms with Crippen molar-refractivity contribution in [1.29, 1.82) is 0 Å². The Balaban J connectivity index is 2.63. The zero-order valence-corrected chi connectivity index (χ0v) is 10.7. The van der Waals surface area contributed by atoms with Gasteiger partial charge in [0.1, 0.15) is 17.4 Å². The van der Waals surface area contributed by atoms with E-state index in [4.69, 9.17) is 5.73 Å². The molecule has 0 radical (unpaired) electrons. The second-order valence-electron chi connectivity index (χ2n) is 3.65. The molecular formula is C11H17N3OS. The fourth-order valence-electron chi connectivity index (χ4n) is 1.34. The molecule has 0 bridgehead atoms. The van der Waals surface area contributed by atoms with E-state index in [-0.39, 0.29) is 11.0 Å². The van der Waals surface area contributed by atoms with Gasteiger partial charge in [-0.2, -0.15) is 0 Å². The van der Waals surface area contributed by atoms with E-state index in [2.05, 4.69) is 9.97 Å². The van der Waals surface area contributed by atoms with Crippen LogP contribution in [-0.2, 0) is 10.5 Å². The van der Waals surface area contributed by atoms with Gasteiger partial charge in [-0.3, -0.25) is 4.79 Å². The molecule has 1 atom stereocenters. The Morgan fingerprint density at radius 2 is 2.31 bits per heavy atom. The van der Waals surface area contributed by atoms with E-state index in [1.807, 2.05) is 6.92 Å². The number of carbonyl (C=O) groups excluding carboxylic acids is 1. The van der Waals surface area contributed by atoms with Crippen molar-refractivity contribution in [2.24, 2.45) is 0 Å². The first-order chi connectivity index (χ1) is 7.54. The van der Waals surface area contributed by atoms with Gasteiger partial charge >= 0.3 is 0 Å². The van der Waals surface area contributed by atoms with Gasteiger partial charge in [0.05, 0.1) is 5.25 Å². The van der Waals surface area contributed by atoms with E-state index in [0.717, 1.165) is 12.0 Å². The smallest absolute Gasteiger partial charge is 0.142 e. The number of hydrogen-bond donors (Lipinski definition) is 1. The minimum absolute atomic E-state index is 0.0423. The molecule has 0 spiro atoms. The second kappa shape index (κ2) is 5.84. The normalized spacial score (nSPS) is 12.4. The lowest BCUT2D eigenvalue weighted by Crippen LogP contribution is -2.12. The van der Waals surface area contributed by atoms with Gasteiger partial charge in [0.15, 0.2) is 0 Å². The SMILES string of the molecule is CCC(SCc1cnc(C)nc1N)C(C)=O. The number of aryl methyl sites for hydroxylation is 1. The lowest BCUT2D eigenvalue weighted by atomic mass is 10.2. The van der Waals surface area contributed by atoms with Crippen LogP contribution < -0.4 is 5.73 Å². The van der Waals surface area contributed by atoms with Crippen LogP contribution in [0, 0.1) is 6.92 Å². The fourth-order valence-corrected chi connectivity index (χ4v) is 2.41. The van der Waals surface area contributed by atoms with E-state index in [1.165, 1.54) is 0 Å². The lowest BCUT2D eigenvalue weighted by molar-refractivity contribution is -0.116. The zero-order chi connectivity index (χ0) is 12.1. The lowest BCUT2D eigenvalue weighted by Gasteiger charge is -2.11. The van der Waals surface area contributed by atoms with Gasteiger partial charge in [-0.05, 0) is 20.3 Å². The van der Waals surface area contributed by atoms with Crippen molar-refractivity contribution in [3.05, 3.63) is 17.6 Å². The predicted octanol–water partition coefficient (Wildman–Crippen LogP) is 1.97. The number of rotatable bonds is 5. The van der Waals surface area contributed by atoms with Crippen LogP contribution in [0.2, 0.25) is 0 Å². The zero-order valence-electron chi connectivity index (χ0n) is 9.86. The number of ketones is 1. The highest BCUT2D eigenvalue weighted by Crippen LogP contribution is 2.22. The molecule has 0 fully saturated rings. The summed E-state index contributed by atoms with van der Waals surface area (Å²) in [7, 11) is 0. The number of anilines is 1. The van der Waals surface area contributed by atoms with E-state index in [9.17, 15) is 4.79 Å². The molecule has 1 aromatic heterocycles. The van der Waals surface area contributed by atoms with Gasteiger partial charge in [0, 0.05) is 17.5 Å². The van der Waals surface area contributed by atoms with Crippen molar-refractivity contribution in [3.63, 3.8) is 0 Å². The molecule has 0 aliphatic carbocycles. The Labute approximate surface area is 100 Å². The van der Waals surface area contributed by atoms with Gasteiger partial charge < -0.3 is 5.73 Å². The summed E-state index contributed by atoms with van der Waals surface area (Å²) in [5.74, 6) is 2.08. The van der Waals surface area contributed by atoms with Gasteiger partial charge in [-0.15, -0.1) is 11.8 Å². The molecular weight excluding hydrogens is 222 g/mol. The van der Waals surface area contributed by atoms with Gasteiger partial charge in [0.25, 0.3) is 0 Å². The standard InChI is InChI=1S/C11H17N3OS/c1-4-10(7(2)15)16-6-9-5-13-8(3)14-11(9)12/h5,10H,4,6H2,1-3H3,(H2,12,13,14). The Morgan fingerprint density at radius 1 is 1.62 bits per heavy atom. The van der Waals surface area contributed by atoms with Crippen LogP contribution in [0.4, 0.5) is 5.82 Å². The van der Waals surface area contributed by atoms with Crippen LogP contribution in [0.3, 0.4) is 0 Å². The van der Waals surface area contributed by atoms with Crippen LogP contribution in [-0.4, -0.2) is 21.0 Å². The molecule has 1 unspecified atom stereocenters. The van der Waals surface area contributed by atoms with Crippen LogP contribution in [0.25, 0.3) is 0 Å². The first kappa shape index (κ1) is 13.0. The summed E-state index contributed by atoms with van der Waals surface area (Å²) in [6, 6.07) is 0. The molecule has 4 nitrogen and oxygen atoms in total. The third kappa shape index (κ3) is 3.48. The molecule has 16 heavy (non-hydrogen) atoms. The largest absolute Gasteiger partial charge is 0.383 e. The number of Topliss-reactive ketones (excluding diaryl/α,β-unsaturated/α-hetero) is 1. The highest BCUT2D eigenvalue weighted by atomic mass is 32.2. The van der Waals surface area contributed by atoms with Crippen molar-refractivity contribution < 1.29 is 4.79 Å². The molecule has 1 heterocycles. The molecule has 0 saturated carbocycles. The third-order valence-electron chi connectivity index (χ3n) is 2.28. The second-order valence-corrected chi connectivity index (χ2v) is 4.84. The maximum Gasteiger partial charge on any atom is 0.142 e. The number of nitrogens with two attached hydrogens (primary N) is 1. The fraction of sp³-hybridized carbons (Fsp3) is 0.545. The minimum Gasteiger partial charge on any atom is -0.383 e. The average Bonchev–Trinajstić information content (AvgIpc) is 2.21. The summed E-state index contributed by atoms with van der Waals surface area (Å²) in [4.78, 5) is 19.4. The molecule has 88 valence electrons. The maximum atomic E-state index is 11.3. The predicted molar refractivity (Wildman–Crippen MR) is 67.2 cm³/mol. The third-order valence-corrected chi connectivity index (χ3v) is 3.83. The van der Waals surface area contributed by atoms with E-state index < -0.39 is 0 Å². The maximum absolute atomic E-state index is 11.3. The molecule has 0 aromatic carbocycles. The Hall–Kier alpha value is -1.10. The van der Waals surface area contributed by atoms with Crippen LogP contribution in [0.5, 0.6) is 0 Å². The van der Waals surface area contributed by atoms with E-state index in [0.29, 0.717) is 17.4 Å². The molecule has 0 amide bonds. The van der Waals surface area contributed by atoms with E-state index in [1.54, 1.807) is 31.8 Å². The number of nitrogens with zero attached hydrogens (tertiary/aromatic N) is 2. The number of carbonyl (C=O) groups is 1. The van der Waals surface area contributed by atoms with Crippen LogP contribution in [0.1, 0.15) is 31.7 Å². The van der Waals surface area contributed by atoms with Gasteiger partial charge in [0.2, 0.25) is 0 Å². The molecule has 1 rings (SSSR count). The average molecular weight is 239 g/mol. The summed E-state index contributed by atoms with van der Waals surface area (Å²) in [6.07, 6.45) is 2.57. The molecule has 1 aromatic rings. The number of nitrogen functional groups attached to an aromatic ring is 1. The van der Waals surface area contributed by atoms with Gasteiger partial charge in [-0.25, -0.2) is 9.97 Å². The Morgan fingerprint density at radius 3 is 2.81 bits per heavy atom. The highest BCUT2D eigenvalue weighted by Gasteiger charge is 2.13. The summed E-state index contributed by atoms with van der Waals surface area (Å²) in [6.45, 7) is 5.43. The molecule has 2 N–H and O–H groups in total. The first-order valence-corrected chi connectivity index (χ1v) is 6.29. The van der Waals surface area contributed by atoms with Crippen molar-refractivity contribution in [3.8, 4) is 0 Å². The summed E-state index contributed by atoms with van der Waals surface area (Å²) < 4.78 is 0. The topological polar surface area (TPSA) is 68.9 Å². The van der Waals surface area contributed by atoms with Crippen LogP contribution in [0.15, 0.2) is 6.20 Å². The summed E-state index contributed by atoms with van der Waals surface area (Å²) in [5.41, 5.74) is 6.67. The van der Waals surface area contributed by atoms with Crippen LogP contribution >= 0.6 is 11.8 Å². The minimum atomic E-state index is 0.0423. The van der Waals surface area contributed by atoms with Crippen molar-refractivity contribution in [2.45, 2.75) is 38.2 Å². The number of thioether (sulfide) groups is 1. The first-order valence-electron chi connectivity index (χ1n) is 5.24. The van der Waals surface area contributed by atoms with E-state index >= 15 is 0 Å². The summed E-state index contributed by atoms with van der Waals surface area (Å²) in [5, 5.41) is 0.0423.